The molecule has 3 aliphatic rings. The Morgan fingerprint density at radius 1 is 1.19 bits per heavy atom. The first-order valence-corrected chi connectivity index (χ1v) is 11.3. The molecule has 1 atom stereocenters. The topological polar surface area (TPSA) is 24.8 Å². The predicted octanol–water partition coefficient (Wildman–Crippen LogP) is 4.42. The monoisotopic (exact) mass is 388 g/mol. The van der Waals surface area contributed by atoms with Gasteiger partial charge in [0, 0.05) is 36.0 Å². The summed E-state index contributed by atoms with van der Waals surface area (Å²) in [4.78, 5) is 0. The van der Waals surface area contributed by atoms with E-state index in [2.05, 4.69) is 63.6 Å². The maximum atomic E-state index is 5.42. The van der Waals surface area contributed by atoms with Crippen LogP contribution in [-0.4, -0.2) is 48.5 Å². The van der Waals surface area contributed by atoms with Crippen molar-refractivity contribution in [1.29, 1.82) is 0 Å². The molecule has 140 valence electrons. The third-order valence-electron chi connectivity index (χ3n) is 4.58. The van der Waals surface area contributed by atoms with Crippen molar-refractivity contribution in [1.82, 2.24) is 5.01 Å². The molecule has 0 aromatic heterocycles. The molecule has 1 aliphatic heterocycles. The van der Waals surface area contributed by atoms with Gasteiger partial charge in [0.15, 0.2) is 0 Å². The fourth-order valence-corrected chi connectivity index (χ4v) is 4.98. The lowest BCUT2D eigenvalue weighted by Crippen LogP contribution is -2.33. The van der Waals surface area contributed by atoms with E-state index in [0.717, 1.165) is 25.3 Å². The van der Waals surface area contributed by atoms with Crippen LogP contribution in [0.5, 0.6) is 0 Å². The van der Waals surface area contributed by atoms with Gasteiger partial charge in [-0.2, -0.15) is 16.9 Å². The standard InChI is InChI=1S/C21H28N2OS2/c1-15(2)26-20-12-6-10-18(20)21(17-9-5-11-19(17)25-4)22-23-13-7-8-16(23)14-24-3/h5-6,9-12,15-16H,7-8,13-14H2,1-4H3/b22-21-/t16-/m0/s1. The molecule has 0 amide bonds. The van der Waals surface area contributed by atoms with E-state index < -0.39 is 0 Å². The van der Waals surface area contributed by atoms with Crippen LogP contribution in [0, 0.1) is 60.9 Å². The van der Waals surface area contributed by atoms with E-state index in [9.17, 15) is 0 Å². The molecule has 3 fully saturated rings. The molecular formula is C21H28N2OS2. The fraction of sp³-hybridized carbons (Fsp3) is 0.476. The first kappa shape index (κ1) is 20.9. The fourth-order valence-electron chi connectivity index (χ4n) is 3.43. The first-order chi connectivity index (χ1) is 12.6. The van der Waals surface area contributed by atoms with Crippen molar-refractivity contribution in [3.8, 4) is 0 Å². The summed E-state index contributed by atoms with van der Waals surface area (Å²) in [7, 11) is 1.78. The van der Waals surface area contributed by atoms with Crippen molar-refractivity contribution in [2.45, 2.75) is 38.0 Å². The minimum Gasteiger partial charge on any atom is -0.382 e. The molecule has 0 N–H and O–H groups in total. The molecule has 10 radical (unpaired) electrons. The van der Waals surface area contributed by atoms with Gasteiger partial charge in [-0.3, -0.25) is 5.01 Å². The summed E-state index contributed by atoms with van der Waals surface area (Å²) in [6.07, 6.45) is 17.5. The van der Waals surface area contributed by atoms with Crippen LogP contribution in [0.4, 0.5) is 0 Å². The molecule has 3 nitrogen and oxygen atoms in total. The summed E-state index contributed by atoms with van der Waals surface area (Å²) < 4.78 is 5.42. The van der Waals surface area contributed by atoms with Gasteiger partial charge in [0.25, 0.3) is 0 Å². The summed E-state index contributed by atoms with van der Waals surface area (Å²) >= 11 is 3.69. The summed E-state index contributed by atoms with van der Waals surface area (Å²) in [6, 6.07) is 0.374. The van der Waals surface area contributed by atoms with Crippen LogP contribution in [0.15, 0.2) is 5.10 Å². The molecule has 0 bridgehead atoms. The quantitative estimate of drug-likeness (QED) is 0.575. The maximum Gasteiger partial charge on any atom is 0.0704 e. The highest BCUT2D eigenvalue weighted by molar-refractivity contribution is 8.03. The minimum absolute atomic E-state index is 0.374. The van der Waals surface area contributed by atoms with Crippen LogP contribution in [-0.2, 0) is 4.74 Å². The molecule has 2 aliphatic carbocycles. The van der Waals surface area contributed by atoms with E-state index in [1.54, 1.807) is 18.9 Å². The Labute approximate surface area is 169 Å². The summed E-state index contributed by atoms with van der Waals surface area (Å²) in [5.41, 5.74) is 1.09. The van der Waals surface area contributed by atoms with E-state index >= 15 is 0 Å². The zero-order chi connectivity index (χ0) is 18.5. The van der Waals surface area contributed by atoms with Crippen LogP contribution in [0.1, 0.15) is 26.7 Å². The van der Waals surface area contributed by atoms with Crippen LogP contribution < -0.4 is 0 Å². The normalized spacial score (nSPS) is 27.5. The van der Waals surface area contributed by atoms with Gasteiger partial charge >= 0.3 is 0 Å². The van der Waals surface area contributed by atoms with Crippen LogP contribution in [0.3, 0.4) is 0 Å². The minimum atomic E-state index is 0.374. The molecule has 0 aromatic carbocycles. The van der Waals surface area contributed by atoms with Crippen molar-refractivity contribution in [2.75, 3.05) is 26.5 Å². The lowest BCUT2D eigenvalue weighted by molar-refractivity contribution is 0.118. The van der Waals surface area contributed by atoms with E-state index in [1.807, 2.05) is 11.8 Å². The zero-order valence-electron chi connectivity index (χ0n) is 16.1. The van der Waals surface area contributed by atoms with Gasteiger partial charge in [-0.05, 0) is 62.9 Å². The van der Waals surface area contributed by atoms with Gasteiger partial charge < -0.3 is 4.74 Å². The third kappa shape index (κ3) is 4.94. The first-order valence-electron chi connectivity index (χ1n) is 9.21. The molecule has 1 heterocycles. The lowest BCUT2D eigenvalue weighted by atomic mass is 9.89. The van der Waals surface area contributed by atoms with Crippen molar-refractivity contribution < 1.29 is 4.74 Å². The molecule has 0 aromatic rings. The summed E-state index contributed by atoms with van der Waals surface area (Å²) in [5.74, 6) is 2.48. The van der Waals surface area contributed by atoms with Crippen molar-refractivity contribution in [3.05, 3.63) is 60.9 Å². The Hall–Kier alpha value is 0.130. The number of rotatable bonds is 8. The van der Waals surface area contributed by atoms with E-state index in [1.165, 1.54) is 28.8 Å². The smallest absolute Gasteiger partial charge is 0.0704 e. The maximum absolute atomic E-state index is 5.42. The van der Waals surface area contributed by atoms with Crippen molar-refractivity contribution in [2.24, 2.45) is 5.10 Å². The number of hydrogen-bond donors (Lipinski definition) is 0. The number of hydrazone groups is 1. The van der Waals surface area contributed by atoms with E-state index in [4.69, 9.17) is 9.84 Å². The van der Waals surface area contributed by atoms with Gasteiger partial charge in [-0.1, -0.05) is 13.8 Å². The largest absolute Gasteiger partial charge is 0.382 e. The van der Waals surface area contributed by atoms with Crippen molar-refractivity contribution in [3.63, 3.8) is 0 Å². The number of ether oxygens (including phenoxy) is 1. The number of nitrogens with zero attached hydrogens (tertiary/aromatic N) is 2. The molecule has 1 saturated heterocycles. The molecule has 0 spiro atoms. The second-order valence-electron chi connectivity index (χ2n) is 6.84. The average molecular weight is 389 g/mol. The van der Waals surface area contributed by atoms with Gasteiger partial charge in [0.05, 0.1) is 18.4 Å². The Bertz CT molecular complexity index is 471. The van der Waals surface area contributed by atoms with E-state index in [0.29, 0.717) is 11.3 Å². The van der Waals surface area contributed by atoms with Gasteiger partial charge in [-0.15, -0.1) is 11.8 Å². The Morgan fingerprint density at radius 2 is 1.88 bits per heavy atom. The third-order valence-corrected chi connectivity index (χ3v) is 6.46. The highest BCUT2D eigenvalue weighted by Crippen LogP contribution is 2.50. The Morgan fingerprint density at radius 3 is 2.54 bits per heavy atom. The number of thioether (sulfide) groups is 2. The number of methoxy groups -OCH3 is 1. The Balaban J connectivity index is 1.85. The second kappa shape index (κ2) is 10.1. The summed E-state index contributed by atoms with van der Waals surface area (Å²) in [6.45, 7) is 6.22. The molecule has 0 unspecified atom stereocenters. The molecule has 5 heteroatoms. The zero-order valence-corrected chi connectivity index (χ0v) is 17.7. The molecule has 26 heavy (non-hydrogen) atoms. The van der Waals surface area contributed by atoms with Gasteiger partial charge in [-0.25, -0.2) is 0 Å². The second-order valence-corrected chi connectivity index (χ2v) is 9.31. The lowest BCUT2D eigenvalue weighted by Gasteiger charge is -2.30. The van der Waals surface area contributed by atoms with Gasteiger partial charge in [0.2, 0.25) is 0 Å². The Kier molecular flexibility index (Phi) is 8.07. The summed E-state index contributed by atoms with van der Waals surface area (Å²) in [5, 5.41) is 10.6. The average Bonchev–Trinajstić information content (AvgIpc) is 3.33. The van der Waals surface area contributed by atoms with Gasteiger partial charge in [0.1, 0.15) is 0 Å². The van der Waals surface area contributed by atoms with E-state index in [-0.39, 0.29) is 0 Å². The van der Waals surface area contributed by atoms with Crippen LogP contribution in [0.2, 0.25) is 0 Å². The molecular weight excluding hydrogens is 360 g/mol. The van der Waals surface area contributed by atoms with Crippen LogP contribution in [0.25, 0.3) is 0 Å². The van der Waals surface area contributed by atoms with Crippen LogP contribution >= 0.6 is 23.5 Å². The SMILES string of the molecule is COC[C@@H]1CCCN1/N=C(/[C]1[CH][CH][CH][C]1SC)[C]1[CH][CH][CH][C]1SC(C)C. The number of hydrogen-bond acceptors (Lipinski definition) is 5. The predicted molar refractivity (Wildman–Crippen MR) is 114 cm³/mol. The molecule has 3 rings (SSSR count). The highest BCUT2D eigenvalue weighted by atomic mass is 32.2. The highest BCUT2D eigenvalue weighted by Gasteiger charge is 2.43. The molecule has 2 saturated carbocycles. The van der Waals surface area contributed by atoms with Crippen molar-refractivity contribution >= 4 is 29.2 Å².